The fourth-order valence-corrected chi connectivity index (χ4v) is 5.97. The van der Waals surface area contributed by atoms with Gasteiger partial charge in [-0.05, 0) is 0 Å². The second-order valence-electron chi connectivity index (χ2n) is 6.50. The molecule has 2 aromatic carbocycles. The van der Waals surface area contributed by atoms with Crippen molar-refractivity contribution < 1.29 is 25.2 Å². The van der Waals surface area contributed by atoms with Crippen LogP contribution in [0.3, 0.4) is 0 Å². The second kappa shape index (κ2) is 11.2. The van der Waals surface area contributed by atoms with E-state index in [0.717, 1.165) is 21.8 Å². The SMILES string of the molecule is Cc1ccc(S(=O)(=O)OCCC[Se]CCCOS(=O)(=O)c2ccc(C)cc2)cc1. The average Bonchev–Trinajstić information content (AvgIpc) is 2.67. The summed E-state index contributed by atoms with van der Waals surface area (Å²) < 4.78 is 58.4. The predicted molar refractivity (Wildman–Crippen MR) is 113 cm³/mol. The Kier molecular flexibility index (Phi) is 9.33. The third kappa shape index (κ3) is 8.20. The molecule has 0 N–H and O–H groups in total. The van der Waals surface area contributed by atoms with E-state index in [1.807, 2.05) is 13.8 Å². The van der Waals surface area contributed by atoms with E-state index < -0.39 is 20.2 Å². The van der Waals surface area contributed by atoms with Gasteiger partial charge >= 0.3 is 180 Å². The summed E-state index contributed by atoms with van der Waals surface area (Å²) >= 11 is 0.286. The van der Waals surface area contributed by atoms with Gasteiger partial charge in [0, 0.05) is 0 Å². The summed E-state index contributed by atoms with van der Waals surface area (Å²) in [5, 5.41) is 1.72. The van der Waals surface area contributed by atoms with Crippen LogP contribution in [0.25, 0.3) is 0 Å². The van der Waals surface area contributed by atoms with E-state index in [4.69, 9.17) is 8.37 Å². The van der Waals surface area contributed by atoms with Gasteiger partial charge in [-0.1, -0.05) is 0 Å². The Morgan fingerprint density at radius 3 is 1.34 bits per heavy atom. The first kappa shape index (κ1) is 24.1. The van der Waals surface area contributed by atoms with Gasteiger partial charge in [-0.2, -0.15) is 0 Å². The van der Waals surface area contributed by atoms with Crippen LogP contribution in [0.15, 0.2) is 58.3 Å². The monoisotopic (exact) mass is 506 g/mol. The Morgan fingerprint density at radius 1 is 0.655 bits per heavy atom. The molecule has 0 radical (unpaired) electrons. The molecule has 0 fully saturated rings. The Hall–Kier alpha value is -1.22. The van der Waals surface area contributed by atoms with Crippen molar-refractivity contribution in [3.05, 3.63) is 59.7 Å². The molecule has 0 aliphatic rings. The van der Waals surface area contributed by atoms with Gasteiger partial charge in [0.2, 0.25) is 0 Å². The van der Waals surface area contributed by atoms with Crippen LogP contribution in [0, 0.1) is 13.8 Å². The molecule has 0 atom stereocenters. The Balaban J connectivity index is 1.58. The molecule has 2 rings (SSSR count). The third-order valence-corrected chi connectivity index (χ3v) is 9.04. The van der Waals surface area contributed by atoms with Crippen LogP contribution in [0.2, 0.25) is 10.6 Å². The molecule has 160 valence electrons. The molecule has 6 nitrogen and oxygen atoms in total. The summed E-state index contributed by atoms with van der Waals surface area (Å²) in [5.41, 5.74) is 1.98. The predicted octanol–water partition coefficient (Wildman–Crippen LogP) is 3.74. The minimum absolute atomic E-state index is 0.149. The summed E-state index contributed by atoms with van der Waals surface area (Å²) in [6.45, 7) is 4.08. The molecular formula is C20H26O6S2Se. The fraction of sp³-hybridized carbons (Fsp3) is 0.400. The first-order valence-electron chi connectivity index (χ1n) is 9.21. The summed E-state index contributed by atoms with van der Waals surface area (Å²) in [6, 6.07) is 13.1. The quantitative estimate of drug-likeness (QED) is 0.248. The molecular weight excluding hydrogens is 479 g/mol. The van der Waals surface area contributed by atoms with Crippen LogP contribution in [0.4, 0.5) is 0 Å². The zero-order valence-corrected chi connectivity index (χ0v) is 19.9. The van der Waals surface area contributed by atoms with E-state index >= 15 is 0 Å². The zero-order chi connectivity index (χ0) is 21.3. The van der Waals surface area contributed by atoms with Crippen molar-refractivity contribution in [2.24, 2.45) is 0 Å². The van der Waals surface area contributed by atoms with E-state index in [1.165, 1.54) is 0 Å². The Morgan fingerprint density at radius 2 is 1.00 bits per heavy atom. The van der Waals surface area contributed by atoms with Gasteiger partial charge in [-0.25, -0.2) is 0 Å². The van der Waals surface area contributed by atoms with E-state index in [2.05, 4.69) is 0 Å². The molecule has 0 aliphatic carbocycles. The van der Waals surface area contributed by atoms with E-state index in [1.54, 1.807) is 48.5 Å². The first-order valence-corrected chi connectivity index (χ1v) is 14.4. The van der Waals surface area contributed by atoms with Gasteiger partial charge in [-0.3, -0.25) is 0 Å². The molecule has 2 aromatic rings. The van der Waals surface area contributed by atoms with Crippen molar-refractivity contribution in [1.82, 2.24) is 0 Å². The van der Waals surface area contributed by atoms with Gasteiger partial charge in [0.15, 0.2) is 0 Å². The standard InChI is InChI=1S/C20H26O6S2Se/c1-17-5-9-19(10-6-17)27(21,22)25-13-3-15-29-16-4-14-26-28(23,24)20-11-7-18(2)8-12-20/h5-12H,3-4,13-16H2,1-2H3. The van der Waals surface area contributed by atoms with Gasteiger partial charge in [0.1, 0.15) is 0 Å². The number of benzene rings is 2. The summed E-state index contributed by atoms with van der Waals surface area (Å²) in [6.07, 6.45) is 1.29. The topological polar surface area (TPSA) is 86.7 Å². The number of hydrogen-bond donors (Lipinski definition) is 0. The van der Waals surface area contributed by atoms with Crippen LogP contribution in [-0.4, -0.2) is 45.0 Å². The summed E-state index contributed by atoms with van der Waals surface area (Å²) in [5.74, 6) is 0. The average molecular weight is 506 g/mol. The van der Waals surface area contributed by atoms with Gasteiger partial charge in [0.05, 0.1) is 0 Å². The molecule has 0 unspecified atom stereocenters. The zero-order valence-electron chi connectivity index (χ0n) is 16.5. The Bertz CT molecular complexity index is 887. The number of hydrogen-bond acceptors (Lipinski definition) is 6. The van der Waals surface area contributed by atoms with Crippen LogP contribution < -0.4 is 0 Å². The minimum atomic E-state index is -3.70. The molecule has 9 heteroatoms. The van der Waals surface area contributed by atoms with E-state index in [9.17, 15) is 16.8 Å². The molecule has 29 heavy (non-hydrogen) atoms. The van der Waals surface area contributed by atoms with Crippen molar-refractivity contribution in [1.29, 1.82) is 0 Å². The van der Waals surface area contributed by atoms with Crippen LogP contribution in [0.1, 0.15) is 24.0 Å². The molecule has 0 aliphatic heterocycles. The van der Waals surface area contributed by atoms with Crippen molar-refractivity contribution in [2.75, 3.05) is 13.2 Å². The third-order valence-electron chi connectivity index (χ3n) is 3.96. The number of aryl methyl sites for hydroxylation is 2. The first-order chi connectivity index (χ1) is 13.7. The molecule has 0 heterocycles. The van der Waals surface area contributed by atoms with Gasteiger partial charge < -0.3 is 0 Å². The maximum absolute atomic E-state index is 12.1. The number of rotatable bonds is 12. The van der Waals surface area contributed by atoms with Crippen molar-refractivity contribution >= 4 is 35.2 Å². The molecule has 0 amide bonds. The van der Waals surface area contributed by atoms with Crippen LogP contribution in [0.5, 0.6) is 0 Å². The van der Waals surface area contributed by atoms with Gasteiger partial charge in [0.25, 0.3) is 0 Å². The Labute approximate surface area is 180 Å². The van der Waals surface area contributed by atoms with Crippen molar-refractivity contribution in [3.63, 3.8) is 0 Å². The molecule has 0 saturated heterocycles. The van der Waals surface area contributed by atoms with Crippen LogP contribution in [-0.2, 0) is 28.6 Å². The molecule has 0 bridgehead atoms. The van der Waals surface area contributed by atoms with Gasteiger partial charge in [-0.15, -0.1) is 0 Å². The van der Waals surface area contributed by atoms with E-state index in [0.29, 0.717) is 12.8 Å². The summed E-state index contributed by atoms with van der Waals surface area (Å²) in [4.78, 5) is 0.334. The molecule has 0 aromatic heterocycles. The summed E-state index contributed by atoms with van der Waals surface area (Å²) in [7, 11) is -7.41. The fourth-order valence-electron chi connectivity index (χ4n) is 2.31. The second-order valence-corrected chi connectivity index (χ2v) is 12.3. The molecule has 0 spiro atoms. The normalized spacial score (nSPS) is 12.2. The molecule has 0 saturated carbocycles. The van der Waals surface area contributed by atoms with Crippen LogP contribution >= 0.6 is 0 Å². The van der Waals surface area contributed by atoms with Crippen molar-refractivity contribution in [2.45, 2.75) is 47.1 Å². The maximum atomic E-state index is 12.1. The van der Waals surface area contributed by atoms with E-state index in [-0.39, 0.29) is 38.0 Å². The van der Waals surface area contributed by atoms with Crippen molar-refractivity contribution in [3.8, 4) is 0 Å².